The number of nitrogens with two attached hydrogens (primary N) is 1. The van der Waals surface area contributed by atoms with Gasteiger partial charge in [0.25, 0.3) is 0 Å². The van der Waals surface area contributed by atoms with Crippen molar-refractivity contribution in [2.45, 2.75) is 50.0 Å². The van der Waals surface area contributed by atoms with Crippen molar-refractivity contribution in [3.63, 3.8) is 0 Å². The molecule has 3 aromatic rings. The summed E-state index contributed by atoms with van der Waals surface area (Å²) in [6.07, 6.45) is 3.19. The van der Waals surface area contributed by atoms with E-state index in [1.807, 2.05) is 24.3 Å². The summed E-state index contributed by atoms with van der Waals surface area (Å²) in [7, 11) is 0. The van der Waals surface area contributed by atoms with Gasteiger partial charge in [0.05, 0.1) is 25.1 Å². The zero-order chi connectivity index (χ0) is 27.8. The van der Waals surface area contributed by atoms with Gasteiger partial charge in [-0.1, -0.05) is 18.2 Å². The number of aliphatic carboxylic acids is 1. The Bertz CT molecular complexity index is 1260. The molecule has 14 heteroatoms. The quantitative estimate of drug-likeness (QED) is 0.118. The van der Waals surface area contributed by atoms with Crippen molar-refractivity contribution in [2.24, 2.45) is 5.73 Å². The van der Waals surface area contributed by atoms with E-state index in [1.54, 1.807) is 6.20 Å². The van der Waals surface area contributed by atoms with Gasteiger partial charge in [0.1, 0.15) is 18.1 Å². The number of rotatable bonds is 13. The first-order valence-electron chi connectivity index (χ1n) is 11.8. The van der Waals surface area contributed by atoms with Crippen LogP contribution in [0.3, 0.4) is 0 Å². The van der Waals surface area contributed by atoms with Crippen LogP contribution in [0.25, 0.3) is 10.9 Å². The lowest BCUT2D eigenvalue weighted by Crippen LogP contribution is -2.60. The summed E-state index contributed by atoms with van der Waals surface area (Å²) in [6, 6.07) is 2.05. The molecule has 0 radical (unpaired) electrons. The van der Waals surface area contributed by atoms with Gasteiger partial charge in [-0.15, -0.1) is 0 Å². The van der Waals surface area contributed by atoms with Gasteiger partial charge in [-0.3, -0.25) is 14.4 Å². The molecule has 0 fully saturated rings. The van der Waals surface area contributed by atoms with Gasteiger partial charge in [-0.2, -0.15) is 0 Å². The summed E-state index contributed by atoms with van der Waals surface area (Å²) in [6.45, 7) is 0.415. The molecule has 1 aromatic carbocycles. The summed E-state index contributed by atoms with van der Waals surface area (Å²) < 4.78 is 0. The highest BCUT2D eigenvalue weighted by molar-refractivity contribution is 5.94. The van der Waals surface area contributed by atoms with Crippen LogP contribution < -0.4 is 21.7 Å². The second-order valence-corrected chi connectivity index (χ2v) is 8.82. The fourth-order valence-corrected chi connectivity index (χ4v) is 3.84. The fraction of sp³-hybridized carbons (Fsp3) is 0.375. The Kier molecular flexibility index (Phi) is 9.54. The number of para-hydroxylation sites is 1. The van der Waals surface area contributed by atoms with E-state index in [-0.39, 0.29) is 12.8 Å². The van der Waals surface area contributed by atoms with Gasteiger partial charge < -0.3 is 47.0 Å². The van der Waals surface area contributed by atoms with Crippen molar-refractivity contribution in [1.82, 2.24) is 30.9 Å². The van der Waals surface area contributed by atoms with Crippen LogP contribution in [0.4, 0.5) is 0 Å². The molecule has 5 atom stereocenters. The third kappa shape index (κ3) is 7.15. The molecular formula is C24H31N7O7. The molecule has 0 bridgehead atoms. The third-order valence-corrected chi connectivity index (χ3v) is 5.92. The lowest BCUT2D eigenvalue weighted by molar-refractivity contribution is -0.143. The van der Waals surface area contributed by atoms with Crippen molar-refractivity contribution in [3.05, 3.63) is 54.2 Å². The number of carbonyl (C=O) groups excluding carboxylic acids is 3. The molecule has 10 N–H and O–H groups in total. The number of aromatic amines is 2. The van der Waals surface area contributed by atoms with Gasteiger partial charge >= 0.3 is 5.97 Å². The summed E-state index contributed by atoms with van der Waals surface area (Å²) in [5, 5.41) is 36.5. The largest absolute Gasteiger partial charge is 0.480 e. The summed E-state index contributed by atoms with van der Waals surface area (Å²) >= 11 is 0. The van der Waals surface area contributed by atoms with Gasteiger partial charge in [-0.25, -0.2) is 9.78 Å². The number of carbonyl (C=O) groups is 4. The van der Waals surface area contributed by atoms with Crippen LogP contribution in [-0.2, 0) is 32.0 Å². The first-order chi connectivity index (χ1) is 18.1. The third-order valence-electron chi connectivity index (χ3n) is 5.92. The maximum Gasteiger partial charge on any atom is 0.328 e. The minimum Gasteiger partial charge on any atom is -0.480 e. The molecule has 5 unspecified atom stereocenters. The Morgan fingerprint density at radius 2 is 1.71 bits per heavy atom. The first-order valence-corrected chi connectivity index (χ1v) is 11.8. The molecule has 2 aromatic heterocycles. The zero-order valence-corrected chi connectivity index (χ0v) is 20.5. The van der Waals surface area contributed by atoms with Crippen molar-refractivity contribution in [1.29, 1.82) is 0 Å². The average molecular weight is 530 g/mol. The van der Waals surface area contributed by atoms with Crippen LogP contribution in [0.5, 0.6) is 0 Å². The Morgan fingerprint density at radius 1 is 1.00 bits per heavy atom. The molecule has 0 saturated heterocycles. The highest BCUT2D eigenvalue weighted by Gasteiger charge is 2.32. The first kappa shape index (κ1) is 28.3. The summed E-state index contributed by atoms with van der Waals surface area (Å²) in [5.41, 5.74) is 8.22. The van der Waals surface area contributed by atoms with E-state index in [0.717, 1.165) is 16.5 Å². The predicted molar refractivity (Wildman–Crippen MR) is 134 cm³/mol. The molecule has 0 aliphatic heterocycles. The standard InChI is InChI=1S/C24H31N7O7/c1-12(33)20(31-21(34)16(25)6-13-8-27-17-5-3-2-4-15(13)17)23(36)29-18(7-14-9-26-11-28-14)22(35)30-19(10-32)24(37)38/h2-5,8-9,11-12,16,18-20,27,32-33H,6-7,10,25H2,1H3,(H,26,28)(H,29,36)(H,30,35)(H,31,34)(H,37,38). The van der Waals surface area contributed by atoms with Crippen LogP contribution in [-0.4, -0.2) is 90.8 Å². The molecule has 14 nitrogen and oxygen atoms in total. The molecular weight excluding hydrogens is 498 g/mol. The topological polar surface area (TPSA) is 236 Å². The number of aliphatic hydroxyl groups excluding tert-OH is 2. The van der Waals surface area contributed by atoms with E-state index < -0.39 is 60.6 Å². The maximum absolute atomic E-state index is 13.1. The minimum absolute atomic E-state index is 0.115. The Morgan fingerprint density at radius 3 is 2.34 bits per heavy atom. The molecule has 2 heterocycles. The van der Waals surface area contributed by atoms with E-state index in [1.165, 1.54) is 19.4 Å². The van der Waals surface area contributed by atoms with Crippen LogP contribution in [0.2, 0.25) is 0 Å². The Hall–Kier alpha value is -4.27. The number of amides is 3. The highest BCUT2D eigenvalue weighted by atomic mass is 16.4. The zero-order valence-electron chi connectivity index (χ0n) is 20.5. The van der Waals surface area contributed by atoms with Crippen molar-refractivity contribution >= 4 is 34.6 Å². The summed E-state index contributed by atoms with van der Waals surface area (Å²) in [5.74, 6) is -3.97. The predicted octanol–water partition coefficient (Wildman–Crippen LogP) is -2.08. The second-order valence-electron chi connectivity index (χ2n) is 8.82. The number of carboxylic acid groups (broad SMARTS) is 1. The molecule has 0 aliphatic carbocycles. The average Bonchev–Trinajstić information content (AvgIpc) is 3.54. The molecule has 0 spiro atoms. The van der Waals surface area contributed by atoms with Gasteiger partial charge in [0.15, 0.2) is 0 Å². The van der Waals surface area contributed by atoms with E-state index in [2.05, 4.69) is 30.9 Å². The normalized spacial score (nSPS) is 15.2. The molecule has 0 saturated carbocycles. The SMILES string of the molecule is CC(O)C(NC(=O)C(N)Cc1c[nH]c2ccccc12)C(=O)NC(Cc1cnc[nH]1)C(=O)NC(CO)C(=O)O. The molecule has 3 rings (SSSR count). The highest BCUT2D eigenvalue weighted by Crippen LogP contribution is 2.18. The van der Waals surface area contributed by atoms with Crippen LogP contribution in [0.1, 0.15) is 18.2 Å². The second kappa shape index (κ2) is 12.8. The minimum atomic E-state index is -1.60. The van der Waals surface area contributed by atoms with Crippen LogP contribution in [0, 0.1) is 0 Å². The van der Waals surface area contributed by atoms with Crippen LogP contribution >= 0.6 is 0 Å². The van der Waals surface area contributed by atoms with Gasteiger partial charge in [-0.05, 0) is 25.0 Å². The Labute approximate surface area is 217 Å². The number of carboxylic acids is 1. The number of hydrogen-bond donors (Lipinski definition) is 9. The number of imidazole rings is 1. The lowest BCUT2D eigenvalue weighted by Gasteiger charge is -2.26. The van der Waals surface area contributed by atoms with Crippen molar-refractivity contribution < 1.29 is 34.5 Å². The van der Waals surface area contributed by atoms with E-state index in [9.17, 15) is 29.4 Å². The number of nitrogens with zero attached hydrogens (tertiary/aromatic N) is 1. The van der Waals surface area contributed by atoms with E-state index >= 15 is 0 Å². The molecule has 3 amide bonds. The number of H-pyrrole nitrogens is 2. The number of nitrogens with one attached hydrogen (secondary N) is 5. The number of aliphatic hydroxyl groups is 2. The number of benzene rings is 1. The number of fused-ring (bicyclic) bond motifs is 1. The number of aromatic nitrogens is 3. The van der Waals surface area contributed by atoms with Gasteiger partial charge in [0, 0.05) is 35.4 Å². The Balaban J connectivity index is 1.70. The van der Waals surface area contributed by atoms with Gasteiger partial charge in [0.2, 0.25) is 17.7 Å². The van der Waals surface area contributed by atoms with E-state index in [0.29, 0.717) is 5.69 Å². The molecule has 0 aliphatic rings. The monoisotopic (exact) mass is 529 g/mol. The lowest BCUT2D eigenvalue weighted by atomic mass is 10.0. The maximum atomic E-state index is 13.1. The summed E-state index contributed by atoms with van der Waals surface area (Å²) in [4.78, 5) is 59.6. The molecule has 38 heavy (non-hydrogen) atoms. The number of hydrogen-bond acceptors (Lipinski definition) is 8. The van der Waals surface area contributed by atoms with Crippen molar-refractivity contribution in [2.75, 3.05) is 6.61 Å². The van der Waals surface area contributed by atoms with Crippen molar-refractivity contribution in [3.8, 4) is 0 Å². The van der Waals surface area contributed by atoms with Crippen LogP contribution in [0.15, 0.2) is 43.0 Å². The smallest absolute Gasteiger partial charge is 0.328 e. The van der Waals surface area contributed by atoms with E-state index in [4.69, 9.17) is 10.8 Å². The fourth-order valence-electron chi connectivity index (χ4n) is 3.84. The molecule has 204 valence electrons.